The van der Waals surface area contributed by atoms with E-state index >= 15 is 0 Å². The summed E-state index contributed by atoms with van der Waals surface area (Å²) in [6, 6.07) is 2.07. The first kappa shape index (κ1) is 27.4. The second-order valence-corrected chi connectivity index (χ2v) is 10.8. The van der Waals surface area contributed by atoms with Crippen molar-refractivity contribution in [3.05, 3.63) is 29.6 Å². The van der Waals surface area contributed by atoms with Crippen LogP contribution in [-0.4, -0.2) is 80.3 Å². The summed E-state index contributed by atoms with van der Waals surface area (Å²) >= 11 is 0. The smallest absolute Gasteiger partial charge is 0.425 e. The minimum absolute atomic E-state index is 0. The molecule has 1 amide bonds. The molecule has 0 radical (unpaired) electrons. The van der Waals surface area contributed by atoms with E-state index in [0.29, 0.717) is 38.9 Å². The molecule has 1 aromatic heterocycles. The predicted molar refractivity (Wildman–Crippen MR) is 125 cm³/mol. The Kier molecular flexibility index (Phi) is 8.17. The maximum atomic E-state index is 12.7. The summed E-state index contributed by atoms with van der Waals surface area (Å²) in [5, 5.41) is 0. The number of amides is 1. The standard InChI is InChI=1S/C23H30F3N3O4S.H2O/c1-15(23(24,25)26)32-21(30)28-8-6-18(7-9-28)22(2)13-17-12-19(27-14-20(17)33-22)16-4-10-29(11-5-16)34(3)31;/h4,12,14-15,18H,5-11,13H2,1-3H3;1H2/t15-,22-,34?;/m1./s1. The number of carbonyl (C=O) groups excluding carboxylic acids is 1. The normalized spacial score (nSPS) is 25.1. The molecule has 1 saturated heterocycles. The molecular formula is C23H32F3N3O5S. The molecule has 1 fully saturated rings. The summed E-state index contributed by atoms with van der Waals surface area (Å²) in [5.74, 6) is 0.897. The molecule has 3 aliphatic rings. The van der Waals surface area contributed by atoms with Gasteiger partial charge in [-0.25, -0.2) is 13.3 Å². The number of fused-ring (bicyclic) bond motifs is 1. The molecule has 0 aromatic carbocycles. The van der Waals surface area contributed by atoms with Crippen molar-refractivity contribution in [1.29, 1.82) is 0 Å². The maximum absolute atomic E-state index is 12.7. The van der Waals surface area contributed by atoms with Gasteiger partial charge in [-0.3, -0.25) is 4.98 Å². The molecule has 4 rings (SSSR count). The second kappa shape index (κ2) is 10.4. The van der Waals surface area contributed by atoms with Crippen molar-refractivity contribution in [3.8, 4) is 5.75 Å². The third-order valence-corrected chi connectivity index (χ3v) is 8.11. The van der Waals surface area contributed by atoms with Crippen LogP contribution in [0.3, 0.4) is 0 Å². The van der Waals surface area contributed by atoms with E-state index < -0.39 is 35.0 Å². The van der Waals surface area contributed by atoms with Crippen LogP contribution in [0.4, 0.5) is 18.0 Å². The average Bonchev–Trinajstić information content (AvgIpc) is 3.15. The molecule has 3 aliphatic heterocycles. The number of rotatable bonds is 4. The molecule has 0 bridgehead atoms. The van der Waals surface area contributed by atoms with Crippen LogP contribution in [0.2, 0.25) is 0 Å². The predicted octanol–water partition coefficient (Wildman–Crippen LogP) is 3.13. The van der Waals surface area contributed by atoms with Gasteiger partial charge in [0.15, 0.2) is 6.10 Å². The summed E-state index contributed by atoms with van der Waals surface area (Å²) in [5.41, 5.74) is 2.66. The van der Waals surface area contributed by atoms with Gasteiger partial charge >= 0.3 is 12.3 Å². The summed E-state index contributed by atoms with van der Waals surface area (Å²) in [7, 11) is -0.983. The maximum Gasteiger partial charge on any atom is 0.425 e. The van der Waals surface area contributed by atoms with E-state index in [-0.39, 0.29) is 11.4 Å². The number of aromatic nitrogens is 1. The molecule has 196 valence electrons. The van der Waals surface area contributed by atoms with Gasteiger partial charge in [0, 0.05) is 50.3 Å². The Bertz CT molecular complexity index is 997. The van der Waals surface area contributed by atoms with Gasteiger partial charge in [0.05, 0.1) is 22.9 Å². The van der Waals surface area contributed by atoms with E-state index in [0.717, 1.165) is 42.5 Å². The fourth-order valence-corrected chi connectivity index (χ4v) is 5.50. The van der Waals surface area contributed by atoms with E-state index in [1.807, 2.05) is 11.2 Å². The van der Waals surface area contributed by atoms with Crippen LogP contribution in [-0.2, 0) is 22.1 Å². The number of likely N-dealkylation sites (tertiary alicyclic amines) is 1. The molecule has 0 spiro atoms. The van der Waals surface area contributed by atoms with Crippen molar-refractivity contribution in [2.24, 2.45) is 5.92 Å². The molecule has 0 saturated carbocycles. The molecular weight excluding hydrogens is 487 g/mol. The molecule has 8 nitrogen and oxygen atoms in total. The van der Waals surface area contributed by atoms with Crippen molar-refractivity contribution in [3.63, 3.8) is 0 Å². The molecule has 12 heteroatoms. The number of ether oxygens (including phenoxy) is 2. The zero-order chi connectivity index (χ0) is 24.7. The fraction of sp³-hybridized carbons (Fsp3) is 0.652. The van der Waals surface area contributed by atoms with E-state index in [4.69, 9.17) is 4.74 Å². The fourth-order valence-electron chi connectivity index (χ4n) is 4.87. The number of halogens is 3. The topological polar surface area (TPSA) is 103 Å². The van der Waals surface area contributed by atoms with Crippen molar-refractivity contribution in [2.75, 3.05) is 32.4 Å². The van der Waals surface area contributed by atoms with Crippen molar-refractivity contribution < 1.29 is 37.1 Å². The van der Waals surface area contributed by atoms with Crippen molar-refractivity contribution in [1.82, 2.24) is 14.2 Å². The second-order valence-electron chi connectivity index (χ2n) is 9.39. The van der Waals surface area contributed by atoms with E-state index in [2.05, 4.69) is 21.9 Å². The Morgan fingerprint density at radius 3 is 2.57 bits per heavy atom. The molecule has 35 heavy (non-hydrogen) atoms. The lowest BCUT2D eigenvalue weighted by atomic mass is 9.79. The average molecular weight is 520 g/mol. The number of pyridine rings is 1. The molecule has 1 unspecified atom stereocenters. The third kappa shape index (κ3) is 5.97. The molecule has 3 atom stereocenters. The number of alkyl halides is 3. The molecule has 0 aliphatic carbocycles. The minimum atomic E-state index is -4.57. The summed E-state index contributed by atoms with van der Waals surface area (Å²) < 4.78 is 62.5. The van der Waals surface area contributed by atoms with Crippen LogP contribution in [0.5, 0.6) is 5.75 Å². The van der Waals surface area contributed by atoms with Crippen LogP contribution >= 0.6 is 0 Å². The van der Waals surface area contributed by atoms with Gasteiger partial charge in [-0.15, -0.1) is 0 Å². The van der Waals surface area contributed by atoms with Gasteiger partial charge in [-0.1, -0.05) is 6.08 Å². The first-order valence-corrected chi connectivity index (χ1v) is 13.0. The van der Waals surface area contributed by atoms with Crippen molar-refractivity contribution >= 4 is 22.7 Å². The number of hydrogen-bond donors (Lipinski definition) is 0. The van der Waals surface area contributed by atoms with Gasteiger partial charge in [-0.05, 0) is 44.7 Å². The summed E-state index contributed by atoms with van der Waals surface area (Å²) in [4.78, 5) is 18.1. The molecule has 4 heterocycles. The SMILES string of the molecule is C[C@@H](OC(=O)N1CCC([C@@]2(C)Cc3cc(C4=CCN(S(C)=O)CC4)ncc3O2)CC1)C(F)(F)F.O. The number of nitrogens with zero attached hydrogens (tertiary/aromatic N) is 3. The largest absolute Gasteiger partial charge is 0.485 e. The van der Waals surface area contributed by atoms with Crippen LogP contribution in [0.25, 0.3) is 5.57 Å². The summed E-state index contributed by atoms with van der Waals surface area (Å²) in [6.45, 7) is 4.90. The zero-order valence-electron chi connectivity index (χ0n) is 20.1. The molecule has 1 aromatic rings. The first-order valence-electron chi connectivity index (χ1n) is 11.4. The highest BCUT2D eigenvalue weighted by atomic mass is 32.2. The van der Waals surface area contributed by atoms with Crippen LogP contribution in [0.15, 0.2) is 18.3 Å². The quantitative estimate of drug-likeness (QED) is 0.608. The highest BCUT2D eigenvalue weighted by molar-refractivity contribution is 7.81. The Morgan fingerprint density at radius 1 is 1.31 bits per heavy atom. The number of hydrogen-bond acceptors (Lipinski definition) is 5. The van der Waals surface area contributed by atoms with Gasteiger partial charge < -0.3 is 19.8 Å². The van der Waals surface area contributed by atoms with Gasteiger partial charge in [0.25, 0.3) is 0 Å². The van der Waals surface area contributed by atoms with E-state index in [1.54, 1.807) is 12.5 Å². The summed E-state index contributed by atoms with van der Waals surface area (Å²) in [6.07, 6.45) is 0.614. The number of piperidine rings is 1. The monoisotopic (exact) mass is 519 g/mol. The van der Waals surface area contributed by atoms with Gasteiger partial charge in [0.1, 0.15) is 11.4 Å². The Hall–Kier alpha value is -2.18. The Morgan fingerprint density at radius 2 is 2.00 bits per heavy atom. The Labute approximate surface area is 205 Å². The van der Waals surface area contributed by atoms with Gasteiger partial charge in [0.2, 0.25) is 0 Å². The van der Waals surface area contributed by atoms with E-state index in [9.17, 15) is 22.2 Å². The lowest BCUT2D eigenvalue weighted by Crippen LogP contribution is -2.48. The van der Waals surface area contributed by atoms with Crippen molar-refractivity contribution in [2.45, 2.75) is 57.4 Å². The van der Waals surface area contributed by atoms with Crippen LogP contribution < -0.4 is 4.74 Å². The third-order valence-electron chi connectivity index (χ3n) is 7.05. The zero-order valence-corrected chi connectivity index (χ0v) is 20.9. The lowest BCUT2D eigenvalue weighted by Gasteiger charge is -2.39. The Balaban J connectivity index is 0.00000342. The van der Waals surface area contributed by atoms with Gasteiger partial charge in [-0.2, -0.15) is 13.2 Å². The number of carbonyl (C=O) groups is 1. The first-order chi connectivity index (χ1) is 16.0. The minimum Gasteiger partial charge on any atom is -0.485 e. The van der Waals surface area contributed by atoms with Crippen LogP contribution in [0.1, 0.15) is 44.4 Å². The van der Waals surface area contributed by atoms with Crippen LogP contribution in [0, 0.1) is 5.92 Å². The highest BCUT2D eigenvalue weighted by Crippen LogP contribution is 2.43. The lowest BCUT2D eigenvalue weighted by molar-refractivity contribution is -0.200. The highest BCUT2D eigenvalue weighted by Gasteiger charge is 2.45. The molecule has 2 N–H and O–H groups in total. The van der Waals surface area contributed by atoms with E-state index in [1.165, 1.54) is 4.90 Å².